The second-order valence-electron chi connectivity index (χ2n) is 3.11. The number of H-pyrrole nitrogens is 1. The molecule has 0 spiro atoms. The molecule has 1 heterocycles. The molecule has 0 saturated heterocycles. The maximum absolute atomic E-state index is 11.2. The van der Waals surface area contributed by atoms with Gasteiger partial charge in [-0.15, -0.1) is 0 Å². The van der Waals surface area contributed by atoms with Crippen LogP contribution in [0, 0.1) is 0 Å². The molecule has 0 bridgehead atoms. The van der Waals surface area contributed by atoms with Crippen molar-refractivity contribution in [3.05, 3.63) is 6.20 Å². The number of hydrogen-bond donors (Lipinski definition) is 3. The highest BCUT2D eigenvalue weighted by atomic mass is 16.5. The summed E-state index contributed by atoms with van der Waals surface area (Å²) in [4.78, 5) is 11.2. The number of hydrogen-bond acceptors (Lipinski definition) is 4. The monoisotopic (exact) mass is 198 g/mol. The topological polar surface area (TPSA) is 93.0 Å². The Labute approximate surface area is 81.8 Å². The number of carbonyl (C=O) groups excluding carboxylic acids is 1. The van der Waals surface area contributed by atoms with E-state index >= 15 is 0 Å². The number of amides is 1. The average molecular weight is 198 g/mol. The van der Waals surface area contributed by atoms with Gasteiger partial charge in [-0.05, 0) is 13.8 Å². The van der Waals surface area contributed by atoms with Gasteiger partial charge in [-0.3, -0.25) is 9.89 Å². The minimum Gasteiger partial charge on any atom is -0.394 e. The van der Waals surface area contributed by atoms with Gasteiger partial charge >= 0.3 is 0 Å². The first-order valence-electron chi connectivity index (χ1n) is 4.30. The molecule has 0 aliphatic heterocycles. The van der Waals surface area contributed by atoms with Gasteiger partial charge < -0.3 is 15.8 Å². The number of carbonyl (C=O) groups is 1. The molecule has 6 heteroatoms. The van der Waals surface area contributed by atoms with Crippen LogP contribution < -0.4 is 11.1 Å². The van der Waals surface area contributed by atoms with Gasteiger partial charge in [0.2, 0.25) is 0 Å². The Bertz CT molecular complexity index is 308. The molecule has 0 aliphatic rings. The average Bonchev–Trinajstić information content (AvgIpc) is 2.49. The van der Waals surface area contributed by atoms with E-state index in [2.05, 4.69) is 15.5 Å². The summed E-state index contributed by atoms with van der Waals surface area (Å²) in [6, 6.07) is 0. The van der Waals surface area contributed by atoms with Crippen LogP contribution in [0.1, 0.15) is 13.8 Å². The van der Waals surface area contributed by atoms with Gasteiger partial charge in [0.25, 0.3) is 5.91 Å². The number of aromatic amines is 1. The number of ether oxygens (including phenoxy) is 1. The predicted octanol–water partition coefficient (Wildman–Crippen LogP) is 0.355. The van der Waals surface area contributed by atoms with Gasteiger partial charge in [0, 0.05) is 0 Å². The highest BCUT2D eigenvalue weighted by Crippen LogP contribution is 2.11. The Kier molecular flexibility index (Phi) is 3.47. The second kappa shape index (κ2) is 4.61. The normalized spacial score (nSPS) is 10.5. The largest absolute Gasteiger partial charge is 0.394 e. The number of nitrogen functional groups attached to an aromatic ring is 1. The number of anilines is 2. The molecule has 78 valence electrons. The standard InChI is InChI=1S/C8H14N4O2/c1-5(2)14-4-7(13)11-8-6(9)3-10-12-8/h3,5H,4,9H2,1-2H3,(H2,10,11,12,13). The number of nitrogens with two attached hydrogens (primary N) is 1. The molecule has 0 unspecified atom stereocenters. The molecular formula is C8H14N4O2. The predicted molar refractivity (Wildman–Crippen MR) is 52.7 cm³/mol. The van der Waals surface area contributed by atoms with Crippen molar-refractivity contribution in [1.82, 2.24) is 10.2 Å². The molecule has 14 heavy (non-hydrogen) atoms. The van der Waals surface area contributed by atoms with Gasteiger partial charge in [-0.2, -0.15) is 5.10 Å². The summed E-state index contributed by atoms with van der Waals surface area (Å²) < 4.78 is 5.11. The molecule has 1 aromatic rings. The Hall–Kier alpha value is -1.56. The van der Waals surface area contributed by atoms with Crippen LogP contribution >= 0.6 is 0 Å². The van der Waals surface area contributed by atoms with E-state index in [9.17, 15) is 4.79 Å². The van der Waals surface area contributed by atoms with Crippen LogP contribution in [0.4, 0.5) is 11.5 Å². The van der Waals surface area contributed by atoms with E-state index in [1.807, 2.05) is 13.8 Å². The van der Waals surface area contributed by atoms with Gasteiger partial charge in [0.05, 0.1) is 18.0 Å². The van der Waals surface area contributed by atoms with Crippen LogP contribution in [0.2, 0.25) is 0 Å². The van der Waals surface area contributed by atoms with Crippen LogP contribution in [-0.2, 0) is 9.53 Å². The Morgan fingerprint density at radius 2 is 2.50 bits per heavy atom. The van der Waals surface area contributed by atoms with Gasteiger partial charge in [-0.25, -0.2) is 0 Å². The number of nitrogens with zero attached hydrogens (tertiary/aromatic N) is 1. The highest BCUT2D eigenvalue weighted by molar-refractivity contribution is 5.93. The molecule has 0 aromatic carbocycles. The summed E-state index contributed by atoms with van der Waals surface area (Å²) in [6.45, 7) is 3.73. The minimum atomic E-state index is -0.255. The number of rotatable bonds is 4. The van der Waals surface area contributed by atoms with Crippen molar-refractivity contribution >= 4 is 17.4 Å². The summed E-state index contributed by atoms with van der Waals surface area (Å²) in [5.41, 5.74) is 5.90. The molecule has 1 rings (SSSR count). The fourth-order valence-electron chi connectivity index (χ4n) is 0.813. The molecule has 4 N–H and O–H groups in total. The van der Waals surface area contributed by atoms with Crippen LogP contribution in [0.15, 0.2) is 6.20 Å². The zero-order valence-electron chi connectivity index (χ0n) is 8.20. The maximum Gasteiger partial charge on any atom is 0.251 e. The third kappa shape index (κ3) is 3.06. The van der Waals surface area contributed by atoms with E-state index in [0.29, 0.717) is 11.5 Å². The minimum absolute atomic E-state index is 0.0100. The zero-order valence-corrected chi connectivity index (χ0v) is 8.20. The molecule has 1 aromatic heterocycles. The summed E-state index contributed by atoms with van der Waals surface area (Å²) in [5.74, 6) is 0.150. The van der Waals surface area contributed by atoms with E-state index in [-0.39, 0.29) is 18.6 Å². The lowest BCUT2D eigenvalue weighted by Gasteiger charge is -2.07. The Morgan fingerprint density at radius 3 is 3.00 bits per heavy atom. The van der Waals surface area contributed by atoms with Crippen molar-refractivity contribution in [3.63, 3.8) is 0 Å². The summed E-state index contributed by atoms with van der Waals surface area (Å²) in [7, 11) is 0. The lowest BCUT2D eigenvalue weighted by Crippen LogP contribution is -2.21. The van der Waals surface area contributed by atoms with Crippen molar-refractivity contribution in [3.8, 4) is 0 Å². The Morgan fingerprint density at radius 1 is 1.79 bits per heavy atom. The molecule has 0 saturated carbocycles. The van der Waals surface area contributed by atoms with E-state index in [4.69, 9.17) is 10.5 Å². The molecule has 0 aliphatic carbocycles. The third-order valence-corrected chi connectivity index (χ3v) is 1.48. The second-order valence-corrected chi connectivity index (χ2v) is 3.11. The van der Waals surface area contributed by atoms with Gasteiger partial charge in [-0.1, -0.05) is 0 Å². The molecule has 0 atom stereocenters. The number of aromatic nitrogens is 2. The quantitative estimate of drug-likeness (QED) is 0.651. The number of nitrogens with one attached hydrogen (secondary N) is 2. The first kappa shape index (κ1) is 10.5. The van der Waals surface area contributed by atoms with Gasteiger partial charge in [0.15, 0.2) is 5.82 Å². The fourth-order valence-corrected chi connectivity index (χ4v) is 0.813. The van der Waals surface area contributed by atoms with Crippen LogP contribution in [-0.4, -0.2) is 28.8 Å². The van der Waals surface area contributed by atoms with Crippen LogP contribution in [0.3, 0.4) is 0 Å². The van der Waals surface area contributed by atoms with Crippen molar-refractivity contribution in [2.24, 2.45) is 0 Å². The molecule has 0 radical (unpaired) electrons. The highest BCUT2D eigenvalue weighted by Gasteiger charge is 2.07. The van der Waals surface area contributed by atoms with Crippen molar-refractivity contribution in [2.75, 3.05) is 17.7 Å². The third-order valence-electron chi connectivity index (χ3n) is 1.48. The lowest BCUT2D eigenvalue weighted by molar-refractivity contribution is -0.121. The van der Waals surface area contributed by atoms with E-state index in [1.54, 1.807) is 0 Å². The lowest BCUT2D eigenvalue weighted by atomic mass is 10.4. The van der Waals surface area contributed by atoms with E-state index in [0.717, 1.165) is 0 Å². The first-order chi connectivity index (χ1) is 6.59. The Balaban J connectivity index is 2.38. The van der Waals surface area contributed by atoms with Crippen molar-refractivity contribution < 1.29 is 9.53 Å². The van der Waals surface area contributed by atoms with E-state index in [1.165, 1.54) is 6.20 Å². The SMILES string of the molecule is CC(C)OCC(=O)Nc1[nH]ncc1N. The van der Waals surface area contributed by atoms with Crippen LogP contribution in [0.25, 0.3) is 0 Å². The van der Waals surface area contributed by atoms with Crippen LogP contribution in [0.5, 0.6) is 0 Å². The fraction of sp³-hybridized carbons (Fsp3) is 0.500. The summed E-state index contributed by atoms with van der Waals surface area (Å²) >= 11 is 0. The molecular weight excluding hydrogens is 184 g/mol. The van der Waals surface area contributed by atoms with E-state index < -0.39 is 0 Å². The molecule has 1 amide bonds. The molecule has 0 fully saturated rings. The zero-order chi connectivity index (χ0) is 10.6. The summed E-state index contributed by atoms with van der Waals surface area (Å²) in [5, 5.41) is 8.76. The maximum atomic E-state index is 11.2. The van der Waals surface area contributed by atoms with Crippen molar-refractivity contribution in [2.45, 2.75) is 20.0 Å². The first-order valence-corrected chi connectivity index (χ1v) is 4.30. The van der Waals surface area contributed by atoms with Gasteiger partial charge in [0.1, 0.15) is 6.61 Å². The molecule has 6 nitrogen and oxygen atoms in total. The smallest absolute Gasteiger partial charge is 0.251 e. The summed E-state index contributed by atoms with van der Waals surface area (Å²) in [6.07, 6.45) is 1.46. The van der Waals surface area contributed by atoms with Crippen molar-refractivity contribution in [1.29, 1.82) is 0 Å².